The summed E-state index contributed by atoms with van der Waals surface area (Å²) in [6.45, 7) is 2.14. The van der Waals surface area contributed by atoms with E-state index in [4.69, 9.17) is 0 Å². The molecule has 0 heterocycles. The second kappa shape index (κ2) is 3.86. The summed E-state index contributed by atoms with van der Waals surface area (Å²) in [6.07, 6.45) is 3.12. The summed E-state index contributed by atoms with van der Waals surface area (Å²) in [7, 11) is 1.90. The van der Waals surface area contributed by atoms with Crippen LogP contribution in [0.2, 0.25) is 0 Å². The van der Waals surface area contributed by atoms with Gasteiger partial charge in [0.25, 0.3) is 0 Å². The first-order chi connectivity index (χ1) is 7.18. The van der Waals surface area contributed by atoms with Gasteiger partial charge in [-0.15, -0.1) is 0 Å². The van der Waals surface area contributed by atoms with Crippen LogP contribution in [0.3, 0.4) is 0 Å². The number of aliphatic hydroxyl groups is 1. The van der Waals surface area contributed by atoms with Gasteiger partial charge in [-0.1, -0.05) is 25.1 Å². The monoisotopic (exact) mass is 205 g/mol. The number of rotatable bonds is 2. The molecule has 0 amide bonds. The van der Waals surface area contributed by atoms with E-state index in [0.29, 0.717) is 5.92 Å². The lowest BCUT2D eigenvalue weighted by atomic mass is 9.84. The number of hydrogen-bond acceptors (Lipinski definition) is 2. The Morgan fingerprint density at radius 3 is 2.73 bits per heavy atom. The molecule has 2 nitrogen and oxygen atoms in total. The van der Waals surface area contributed by atoms with Crippen LogP contribution in [-0.4, -0.2) is 12.2 Å². The molecule has 0 aliphatic heterocycles. The zero-order valence-corrected chi connectivity index (χ0v) is 9.46. The number of anilines is 1. The van der Waals surface area contributed by atoms with E-state index in [-0.39, 0.29) is 0 Å². The van der Waals surface area contributed by atoms with E-state index in [1.807, 2.05) is 31.3 Å². The molecule has 1 aliphatic carbocycles. The molecule has 0 aromatic heterocycles. The van der Waals surface area contributed by atoms with Crippen LogP contribution in [0.5, 0.6) is 0 Å². The Hall–Kier alpha value is -1.02. The zero-order chi connectivity index (χ0) is 10.9. The van der Waals surface area contributed by atoms with Crippen LogP contribution in [0, 0.1) is 5.92 Å². The van der Waals surface area contributed by atoms with Crippen LogP contribution >= 0.6 is 0 Å². The van der Waals surface area contributed by atoms with E-state index in [1.54, 1.807) is 0 Å². The van der Waals surface area contributed by atoms with Crippen molar-refractivity contribution in [2.75, 3.05) is 12.4 Å². The fraction of sp³-hybridized carbons (Fsp3) is 0.538. The van der Waals surface area contributed by atoms with Crippen LogP contribution in [0.25, 0.3) is 0 Å². The summed E-state index contributed by atoms with van der Waals surface area (Å²) in [5.41, 5.74) is 1.48. The Bertz CT molecular complexity index is 350. The van der Waals surface area contributed by atoms with Crippen molar-refractivity contribution < 1.29 is 5.11 Å². The molecule has 1 fully saturated rings. The largest absolute Gasteiger partial charge is 0.388 e. The molecule has 1 saturated carbocycles. The first-order valence-electron chi connectivity index (χ1n) is 5.68. The van der Waals surface area contributed by atoms with Gasteiger partial charge in [0.05, 0.1) is 5.60 Å². The highest BCUT2D eigenvalue weighted by Gasteiger charge is 2.40. The third-order valence-electron chi connectivity index (χ3n) is 3.67. The molecule has 0 spiro atoms. The molecule has 0 radical (unpaired) electrons. The molecule has 1 aromatic rings. The normalized spacial score (nSPS) is 30.5. The van der Waals surface area contributed by atoms with Gasteiger partial charge in [-0.05, 0) is 31.2 Å². The molecular formula is C13H19NO. The smallest absolute Gasteiger partial charge is 0.0941 e. The molecule has 15 heavy (non-hydrogen) atoms. The number of para-hydroxylation sites is 1. The Kier molecular flexibility index (Phi) is 2.70. The lowest BCUT2D eigenvalue weighted by molar-refractivity contribution is 0.00517. The van der Waals surface area contributed by atoms with Gasteiger partial charge < -0.3 is 10.4 Å². The molecular weight excluding hydrogens is 186 g/mol. The summed E-state index contributed by atoms with van der Waals surface area (Å²) >= 11 is 0. The van der Waals surface area contributed by atoms with Crippen molar-refractivity contribution in [3.63, 3.8) is 0 Å². The third-order valence-corrected chi connectivity index (χ3v) is 3.67. The van der Waals surface area contributed by atoms with Crippen molar-refractivity contribution in [1.82, 2.24) is 0 Å². The van der Waals surface area contributed by atoms with Crippen LogP contribution < -0.4 is 5.32 Å². The van der Waals surface area contributed by atoms with Gasteiger partial charge in [-0.3, -0.25) is 0 Å². The lowest BCUT2D eigenvalue weighted by Crippen LogP contribution is -2.29. The van der Waals surface area contributed by atoms with Crippen LogP contribution in [-0.2, 0) is 5.60 Å². The Balaban J connectivity index is 2.43. The van der Waals surface area contributed by atoms with Crippen molar-refractivity contribution >= 4 is 5.69 Å². The van der Waals surface area contributed by atoms with Crippen LogP contribution in [0.15, 0.2) is 24.3 Å². The Morgan fingerprint density at radius 2 is 2.13 bits per heavy atom. The first-order valence-corrected chi connectivity index (χ1v) is 5.68. The fourth-order valence-electron chi connectivity index (χ4n) is 2.64. The van der Waals surface area contributed by atoms with Gasteiger partial charge in [0.15, 0.2) is 0 Å². The number of benzene rings is 1. The van der Waals surface area contributed by atoms with Crippen molar-refractivity contribution in [2.45, 2.75) is 31.8 Å². The van der Waals surface area contributed by atoms with Crippen LogP contribution in [0.4, 0.5) is 5.69 Å². The maximum atomic E-state index is 10.7. The fourth-order valence-corrected chi connectivity index (χ4v) is 2.64. The molecule has 0 unspecified atom stereocenters. The summed E-state index contributed by atoms with van der Waals surface area (Å²) < 4.78 is 0. The first kappa shape index (κ1) is 10.5. The standard InChI is InChI=1S/C13H19NO/c1-10-6-5-9-13(10,15)11-7-3-4-8-12(11)14-2/h3-4,7-8,10,14-15H,5-6,9H2,1-2H3/t10-,13-/m1/s1. The quantitative estimate of drug-likeness (QED) is 0.778. The van der Waals surface area contributed by atoms with Crippen molar-refractivity contribution in [1.29, 1.82) is 0 Å². The molecule has 1 aromatic carbocycles. The van der Waals surface area contributed by atoms with Crippen LogP contribution in [0.1, 0.15) is 31.7 Å². The highest BCUT2D eigenvalue weighted by molar-refractivity contribution is 5.53. The van der Waals surface area contributed by atoms with E-state index in [1.165, 1.54) is 0 Å². The summed E-state index contributed by atoms with van der Waals surface area (Å²) in [4.78, 5) is 0. The Labute approximate surface area is 91.3 Å². The predicted molar refractivity (Wildman–Crippen MR) is 62.9 cm³/mol. The van der Waals surface area contributed by atoms with Gasteiger partial charge in [-0.2, -0.15) is 0 Å². The minimum atomic E-state index is -0.625. The maximum Gasteiger partial charge on any atom is 0.0941 e. The average molecular weight is 205 g/mol. The van der Waals surface area contributed by atoms with Gasteiger partial charge in [-0.25, -0.2) is 0 Å². The number of hydrogen-bond donors (Lipinski definition) is 2. The minimum absolute atomic E-state index is 0.354. The maximum absolute atomic E-state index is 10.7. The van der Waals surface area contributed by atoms with E-state index in [0.717, 1.165) is 30.5 Å². The SMILES string of the molecule is CNc1ccccc1[C@@]1(O)CCC[C@H]1C. The second-order valence-corrected chi connectivity index (χ2v) is 4.51. The lowest BCUT2D eigenvalue weighted by Gasteiger charge is -2.30. The molecule has 1 aliphatic rings. The number of nitrogens with one attached hydrogen (secondary N) is 1. The molecule has 0 saturated heterocycles. The summed E-state index contributed by atoms with van der Waals surface area (Å²) in [6, 6.07) is 8.06. The van der Waals surface area contributed by atoms with Crippen molar-refractivity contribution in [2.24, 2.45) is 5.92 Å². The second-order valence-electron chi connectivity index (χ2n) is 4.51. The highest BCUT2D eigenvalue weighted by Crippen LogP contribution is 2.45. The third kappa shape index (κ3) is 1.63. The van der Waals surface area contributed by atoms with Crippen molar-refractivity contribution in [3.8, 4) is 0 Å². The Morgan fingerprint density at radius 1 is 1.40 bits per heavy atom. The van der Waals surface area contributed by atoms with E-state index < -0.39 is 5.60 Å². The van der Waals surface area contributed by atoms with E-state index >= 15 is 0 Å². The molecule has 0 bridgehead atoms. The molecule has 2 heteroatoms. The van der Waals surface area contributed by atoms with Gasteiger partial charge in [0.2, 0.25) is 0 Å². The molecule has 2 N–H and O–H groups in total. The van der Waals surface area contributed by atoms with Gasteiger partial charge in [0.1, 0.15) is 0 Å². The minimum Gasteiger partial charge on any atom is -0.388 e. The van der Waals surface area contributed by atoms with E-state index in [2.05, 4.69) is 12.2 Å². The average Bonchev–Trinajstić information content (AvgIpc) is 2.60. The van der Waals surface area contributed by atoms with E-state index in [9.17, 15) is 5.11 Å². The zero-order valence-electron chi connectivity index (χ0n) is 9.46. The predicted octanol–water partition coefficient (Wildman–Crippen LogP) is 2.74. The van der Waals surface area contributed by atoms with Crippen molar-refractivity contribution in [3.05, 3.63) is 29.8 Å². The molecule has 82 valence electrons. The molecule has 2 atom stereocenters. The topological polar surface area (TPSA) is 32.3 Å². The van der Waals surface area contributed by atoms with Gasteiger partial charge >= 0.3 is 0 Å². The summed E-state index contributed by atoms with van der Waals surface area (Å²) in [5.74, 6) is 0.354. The highest BCUT2D eigenvalue weighted by atomic mass is 16.3. The summed E-state index contributed by atoms with van der Waals surface area (Å²) in [5, 5.41) is 13.9. The molecule has 2 rings (SSSR count). The van der Waals surface area contributed by atoms with Gasteiger partial charge in [0, 0.05) is 18.3 Å².